The Morgan fingerprint density at radius 2 is 2.03 bits per heavy atom. The first-order chi connectivity index (χ1) is 15.2. The summed E-state index contributed by atoms with van der Waals surface area (Å²) in [5.41, 5.74) is -1.54. The monoisotopic (exact) mass is 459 g/mol. The second-order valence-electron chi connectivity index (χ2n) is 7.41. The number of hydrogen-bond acceptors (Lipinski definition) is 4. The molecule has 2 aromatic rings. The van der Waals surface area contributed by atoms with Crippen molar-refractivity contribution in [3.05, 3.63) is 58.8 Å². The first-order valence-corrected chi connectivity index (χ1v) is 10.0. The van der Waals surface area contributed by atoms with Crippen LogP contribution in [0.15, 0.2) is 30.5 Å². The fraction of sp³-hybridized carbons (Fsp3) is 0.286. The maximum absolute atomic E-state index is 14.6. The molecule has 4 rings (SSSR count). The Balaban J connectivity index is 1.79. The first kappa shape index (κ1) is 21.7. The number of carbonyl (C=O) groups is 2. The normalized spacial score (nSPS) is 17.0. The molecular weight excluding hydrogens is 443 g/mol. The van der Waals surface area contributed by atoms with Gasteiger partial charge in [-0.2, -0.15) is 0 Å². The summed E-state index contributed by atoms with van der Waals surface area (Å²) in [7, 11) is 1.38. The lowest BCUT2D eigenvalue weighted by atomic mass is 9.75. The largest absolute Gasteiger partial charge is 0.360 e. The summed E-state index contributed by atoms with van der Waals surface area (Å²) in [6, 6.07) is 4.94. The molecule has 0 atom stereocenters. The average Bonchev–Trinajstić information content (AvgIpc) is 2.99. The molecule has 1 saturated heterocycles. The highest BCUT2D eigenvalue weighted by Crippen LogP contribution is 2.48. The van der Waals surface area contributed by atoms with Crippen molar-refractivity contribution in [1.29, 1.82) is 0 Å². The molecule has 0 radical (unpaired) electrons. The van der Waals surface area contributed by atoms with Crippen LogP contribution >= 0.6 is 12.2 Å². The molecule has 1 aliphatic carbocycles. The first-order valence-electron chi connectivity index (χ1n) is 9.61. The van der Waals surface area contributed by atoms with E-state index in [1.807, 2.05) is 0 Å². The number of aromatic nitrogens is 1. The van der Waals surface area contributed by atoms with E-state index < -0.39 is 41.0 Å². The van der Waals surface area contributed by atoms with E-state index in [1.165, 1.54) is 24.1 Å². The van der Waals surface area contributed by atoms with Crippen LogP contribution in [0, 0.1) is 12.4 Å². The van der Waals surface area contributed by atoms with Crippen LogP contribution in [0.1, 0.15) is 41.6 Å². The number of nitrogens with zero attached hydrogens (tertiary/aromatic N) is 4. The molecule has 2 aliphatic rings. The predicted molar refractivity (Wildman–Crippen MR) is 114 cm³/mol. The summed E-state index contributed by atoms with van der Waals surface area (Å²) in [5, 5.41) is 2.33. The van der Waals surface area contributed by atoms with Crippen molar-refractivity contribution in [2.24, 2.45) is 0 Å². The number of benzene rings is 1. The Hall–Kier alpha value is -3.52. The van der Waals surface area contributed by atoms with Gasteiger partial charge in [0.05, 0.1) is 11.3 Å². The van der Waals surface area contributed by atoms with Crippen LogP contribution < -0.4 is 15.1 Å². The van der Waals surface area contributed by atoms with E-state index in [9.17, 15) is 22.8 Å². The van der Waals surface area contributed by atoms with Crippen molar-refractivity contribution in [3.63, 3.8) is 0 Å². The highest BCUT2D eigenvalue weighted by atomic mass is 32.1. The van der Waals surface area contributed by atoms with Crippen LogP contribution in [-0.2, 0) is 4.79 Å². The van der Waals surface area contributed by atoms with Gasteiger partial charge in [0.25, 0.3) is 24.1 Å². The SMILES string of the molecule is [C-]#[N+]c1ncc(N2C(=O)C3(CCC3)N(c3ccc(C(=O)NC)c(F)c3)C2=S)cc1C(F)F. The number of alkyl halides is 2. The highest BCUT2D eigenvalue weighted by molar-refractivity contribution is 7.81. The molecule has 1 N–H and O–H groups in total. The zero-order valence-electron chi connectivity index (χ0n) is 16.7. The molecule has 0 unspecified atom stereocenters. The van der Waals surface area contributed by atoms with E-state index in [4.69, 9.17) is 18.8 Å². The second kappa shape index (κ2) is 7.87. The van der Waals surface area contributed by atoms with Gasteiger partial charge in [-0.3, -0.25) is 14.5 Å². The molecule has 2 amide bonds. The molecule has 164 valence electrons. The molecule has 7 nitrogen and oxygen atoms in total. The van der Waals surface area contributed by atoms with Gasteiger partial charge in [0.1, 0.15) is 17.6 Å². The lowest BCUT2D eigenvalue weighted by Gasteiger charge is -2.43. The molecule has 1 saturated carbocycles. The van der Waals surface area contributed by atoms with Crippen molar-refractivity contribution < 1.29 is 22.8 Å². The van der Waals surface area contributed by atoms with Gasteiger partial charge in [0, 0.05) is 18.3 Å². The van der Waals surface area contributed by atoms with Crippen LogP contribution in [0.25, 0.3) is 4.85 Å². The van der Waals surface area contributed by atoms with E-state index in [0.717, 1.165) is 29.7 Å². The Morgan fingerprint density at radius 3 is 2.56 bits per heavy atom. The smallest absolute Gasteiger partial charge is 0.278 e. The number of carbonyl (C=O) groups excluding carboxylic acids is 2. The van der Waals surface area contributed by atoms with Crippen molar-refractivity contribution in [2.75, 3.05) is 16.8 Å². The number of amides is 2. The van der Waals surface area contributed by atoms with Crippen LogP contribution in [0.2, 0.25) is 0 Å². The zero-order chi connectivity index (χ0) is 23.2. The fourth-order valence-corrected chi connectivity index (χ4v) is 4.48. The summed E-state index contributed by atoms with van der Waals surface area (Å²) < 4.78 is 41.5. The number of hydrogen-bond donors (Lipinski definition) is 1. The lowest BCUT2D eigenvalue weighted by Crippen LogP contribution is -2.55. The minimum Gasteiger partial charge on any atom is -0.360 e. The van der Waals surface area contributed by atoms with E-state index in [-0.39, 0.29) is 22.1 Å². The molecule has 11 heteroatoms. The zero-order valence-corrected chi connectivity index (χ0v) is 17.5. The summed E-state index contributed by atoms with van der Waals surface area (Å²) in [4.78, 5) is 34.6. The minimum absolute atomic E-state index is 0.0129. The van der Waals surface area contributed by atoms with Crippen LogP contribution in [-0.4, -0.2) is 34.5 Å². The predicted octanol–water partition coefficient (Wildman–Crippen LogP) is 4.13. The molecule has 2 heterocycles. The lowest BCUT2D eigenvalue weighted by molar-refractivity contribution is -0.123. The Kier molecular flexibility index (Phi) is 5.34. The third-order valence-corrected chi connectivity index (χ3v) is 6.12. The standard InChI is InChI=1S/C21H16F3N5O2S/c1-25-17-14(16(23)24)8-12(10-27-17)28-19(31)21(6-3-7-21)29(20(28)32)11-4-5-13(15(22)9-11)18(30)26-2/h4-5,8-10,16H,3,6-7H2,2H3,(H,26,30). The quantitative estimate of drug-likeness (QED) is 0.550. The molecule has 1 aromatic carbocycles. The number of nitrogens with one attached hydrogen (secondary N) is 1. The topological polar surface area (TPSA) is 69.9 Å². The molecule has 0 bridgehead atoms. The number of rotatable bonds is 4. The summed E-state index contributed by atoms with van der Waals surface area (Å²) in [6.07, 6.45) is -0.200. The third-order valence-electron chi connectivity index (χ3n) is 5.75. The van der Waals surface area contributed by atoms with Crippen LogP contribution in [0.4, 0.5) is 30.4 Å². The maximum Gasteiger partial charge on any atom is 0.278 e. The van der Waals surface area contributed by atoms with E-state index in [1.54, 1.807) is 0 Å². The average molecular weight is 459 g/mol. The second-order valence-corrected chi connectivity index (χ2v) is 7.77. The van der Waals surface area contributed by atoms with Gasteiger partial charge >= 0.3 is 0 Å². The molecule has 2 fully saturated rings. The van der Waals surface area contributed by atoms with Crippen molar-refractivity contribution >= 4 is 46.3 Å². The molecule has 1 aliphatic heterocycles. The Labute approximate surface area is 186 Å². The maximum atomic E-state index is 14.6. The van der Waals surface area contributed by atoms with Gasteiger partial charge in [0.15, 0.2) is 5.11 Å². The Bertz CT molecular complexity index is 1190. The number of thiocarbonyl (C=S) groups is 1. The molecule has 32 heavy (non-hydrogen) atoms. The van der Waals surface area contributed by atoms with Crippen molar-refractivity contribution in [2.45, 2.75) is 31.2 Å². The number of anilines is 2. The van der Waals surface area contributed by atoms with Gasteiger partial charge in [-0.1, -0.05) is 6.57 Å². The van der Waals surface area contributed by atoms with Gasteiger partial charge in [-0.05, 0) is 55.7 Å². The van der Waals surface area contributed by atoms with Gasteiger partial charge in [-0.15, -0.1) is 4.98 Å². The summed E-state index contributed by atoms with van der Waals surface area (Å²) in [5.74, 6) is -2.27. The van der Waals surface area contributed by atoms with E-state index in [2.05, 4.69) is 15.1 Å². The van der Waals surface area contributed by atoms with E-state index >= 15 is 0 Å². The molecular formula is C21H16F3N5O2S. The van der Waals surface area contributed by atoms with Crippen LogP contribution in [0.5, 0.6) is 0 Å². The third kappa shape index (κ3) is 3.10. The molecule has 1 spiro atoms. The summed E-state index contributed by atoms with van der Waals surface area (Å²) >= 11 is 5.53. The van der Waals surface area contributed by atoms with E-state index in [0.29, 0.717) is 12.8 Å². The van der Waals surface area contributed by atoms with Crippen LogP contribution in [0.3, 0.4) is 0 Å². The Morgan fingerprint density at radius 1 is 1.31 bits per heavy atom. The fourth-order valence-electron chi connectivity index (χ4n) is 4.01. The van der Waals surface area contributed by atoms with Crippen molar-refractivity contribution in [3.8, 4) is 0 Å². The summed E-state index contributed by atoms with van der Waals surface area (Å²) in [6.45, 7) is 7.02. The van der Waals surface area contributed by atoms with Crippen molar-refractivity contribution in [1.82, 2.24) is 10.3 Å². The van der Waals surface area contributed by atoms with Gasteiger partial charge in [0.2, 0.25) is 0 Å². The highest BCUT2D eigenvalue weighted by Gasteiger charge is 2.59. The van der Waals surface area contributed by atoms with Gasteiger partial charge in [-0.25, -0.2) is 13.2 Å². The minimum atomic E-state index is -2.96. The van der Waals surface area contributed by atoms with Gasteiger partial charge < -0.3 is 15.1 Å². The number of pyridine rings is 1. The number of halogens is 3. The molecule has 1 aromatic heterocycles.